The Kier molecular flexibility index (Phi) is 6.25. The second kappa shape index (κ2) is 8.68. The van der Waals surface area contributed by atoms with E-state index >= 15 is 0 Å². The number of carbonyl (C=O) groups is 1. The normalized spacial score (nSPS) is 11.4. The van der Waals surface area contributed by atoms with Crippen LogP contribution >= 0.6 is 0 Å². The fourth-order valence-electron chi connectivity index (χ4n) is 3.42. The lowest BCUT2D eigenvalue weighted by Crippen LogP contribution is -2.35. The van der Waals surface area contributed by atoms with Crippen LogP contribution in [0.25, 0.3) is 11.0 Å². The van der Waals surface area contributed by atoms with Crippen LogP contribution in [-0.4, -0.2) is 26.9 Å². The average Bonchev–Trinajstić information content (AvgIpc) is 3.02. The van der Waals surface area contributed by atoms with Crippen molar-refractivity contribution in [3.05, 3.63) is 65.2 Å². The molecular weight excluding hydrogens is 379 g/mol. The number of benzene rings is 2. The fraction of sp³-hybridized carbons (Fsp3) is 0.364. The van der Waals surface area contributed by atoms with E-state index in [9.17, 15) is 18.0 Å². The lowest BCUT2D eigenvalue weighted by molar-refractivity contribution is 0.0710. The summed E-state index contributed by atoms with van der Waals surface area (Å²) < 4.78 is 44.0. The maximum Gasteiger partial charge on any atom is 0.257 e. The van der Waals surface area contributed by atoms with Gasteiger partial charge in [-0.25, -0.2) is 18.2 Å². The summed E-state index contributed by atoms with van der Waals surface area (Å²) in [6.45, 7) is 6.85. The highest BCUT2D eigenvalue weighted by atomic mass is 19.2. The molecule has 154 valence electrons. The molecule has 1 heterocycles. The Hall–Kier alpha value is -2.83. The summed E-state index contributed by atoms with van der Waals surface area (Å²) >= 11 is 0. The number of hydrogen-bond donors (Lipinski definition) is 0. The number of fused-ring (bicyclic) bond motifs is 1. The van der Waals surface area contributed by atoms with Crippen LogP contribution < -0.4 is 0 Å². The zero-order valence-electron chi connectivity index (χ0n) is 16.8. The number of imidazole rings is 1. The van der Waals surface area contributed by atoms with Crippen molar-refractivity contribution >= 4 is 16.9 Å². The number of aryl methyl sites for hydroxylation is 1. The number of halogens is 3. The van der Waals surface area contributed by atoms with E-state index in [1.807, 2.05) is 25.3 Å². The molecule has 0 saturated carbocycles. The minimum absolute atomic E-state index is 0.0705. The molecule has 3 rings (SSSR count). The second-order valence-electron chi connectivity index (χ2n) is 7.47. The molecule has 0 atom stereocenters. The van der Waals surface area contributed by atoms with Crippen LogP contribution in [0, 0.1) is 23.4 Å². The van der Waals surface area contributed by atoms with Gasteiger partial charge < -0.3 is 9.47 Å². The van der Waals surface area contributed by atoms with Crippen LogP contribution in [-0.2, 0) is 13.1 Å². The Morgan fingerprint density at radius 1 is 1.10 bits per heavy atom. The van der Waals surface area contributed by atoms with E-state index in [1.54, 1.807) is 12.1 Å². The van der Waals surface area contributed by atoms with Gasteiger partial charge >= 0.3 is 0 Å². The van der Waals surface area contributed by atoms with Gasteiger partial charge in [-0.05, 0) is 36.6 Å². The van der Waals surface area contributed by atoms with Gasteiger partial charge in [0.2, 0.25) is 0 Å². The van der Waals surface area contributed by atoms with E-state index in [2.05, 4.69) is 4.98 Å². The fourth-order valence-corrected chi connectivity index (χ4v) is 3.42. The van der Waals surface area contributed by atoms with Crippen molar-refractivity contribution in [2.24, 2.45) is 5.92 Å². The first kappa shape index (κ1) is 20.9. The Bertz CT molecular complexity index is 1030. The van der Waals surface area contributed by atoms with E-state index in [0.717, 1.165) is 12.5 Å². The van der Waals surface area contributed by atoms with Gasteiger partial charge in [0.15, 0.2) is 17.5 Å². The quantitative estimate of drug-likeness (QED) is 0.546. The van der Waals surface area contributed by atoms with Crippen LogP contribution in [0.4, 0.5) is 13.2 Å². The highest BCUT2D eigenvalue weighted by Gasteiger charge is 2.24. The highest BCUT2D eigenvalue weighted by Crippen LogP contribution is 2.22. The first-order valence-corrected chi connectivity index (χ1v) is 9.70. The molecule has 3 aromatic rings. The van der Waals surface area contributed by atoms with Gasteiger partial charge in [-0.3, -0.25) is 4.79 Å². The summed E-state index contributed by atoms with van der Waals surface area (Å²) in [6.07, 6.45) is 0.797. The molecule has 0 N–H and O–H groups in total. The van der Waals surface area contributed by atoms with Gasteiger partial charge in [0.05, 0.1) is 17.6 Å². The summed E-state index contributed by atoms with van der Waals surface area (Å²) in [5.41, 5.74) is 0.565. The maximum atomic E-state index is 14.2. The molecule has 29 heavy (non-hydrogen) atoms. The smallest absolute Gasteiger partial charge is 0.257 e. The van der Waals surface area contributed by atoms with Crippen molar-refractivity contribution in [3.63, 3.8) is 0 Å². The third kappa shape index (κ3) is 4.28. The molecular formula is C22H24F3N3O. The van der Waals surface area contributed by atoms with Crippen molar-refractivity contribution in [2.75, 3.05) is 6.54 Å². The zero-order valence-corrected chi connectivity index (χ0v) is 16.8. The number of hydrogen-bond acceptors (Lipinski definition) is 2. The first-order chi connectivity index (χ1) is 13.8. The molecule has 0 radical (unpaired) electrons. The predicted molar refractivity (Wildman–Crippen MR) is 106 cm³/mol. The van der Waals surface area contributed by atoms with Gasteiger partial charge in [0.25, 0.3) is 5.91 Å². The number of para-hydroxylation sites is 1. The van der Waals surface area contributed by atoms with E-state index in [4.69, 9.17) is 0 Å². The van der Waals surface area contributed by atoms with Gasteiger partial charge in [-0.1, -0.05) is 32.9 Å². The molecule has 0 bridgehead atoms. The van der Waals surface area contributed by atoms with Crippen LogP contribution in [0.1, 0.15) is 43.4 Å². The molecule has 1 amide bonds. The highest BCUT2D eigenvalue weighted by molar-refractivity contribution is 5.94. The molecule has 4 nitrogen and oxygen atoms in total. The molecule has 0 unspecified atom stereocenters. The number of nitrogens with zero attached hydrogens (tertiary/aromatic N) is 3. The van der Waals surface area contributed by atoms with E-state index in [-0.39, 0.29) is 23.5 Å². The summed E-state index contributed by atoms with van der Waals surface area (Å²) in [5.74, 6) is -2.68. The predicted octanol–water partition coefficient (Wildman–Crippen LogP) is 5.16. The van der Waals surface area contributed by atoms with Gasteiger partial charge in [-0.2, -0.15) is 0 Å². The molecule has 1 aromatic heterocycles. The monoisotopic (exact) mass is 403 g/mol. The third-order valence-corrected chi connectivity index (χ3v) is 4.64. The Morgan fingerprint density at radius 3 is 2.48 bits per heavy atom. The van der Waals surface area contributed by atoms with Crippen LogP contribution in [0.2, 0.25) is 0 Å². The topological polar surface area (TPSA) is 38.1 Å². The number of rotatable bonds is 7. The third-order valence-electron chi connectivity index (χ3n) is 4.64. The van der Waals surface area contributed by atoms with Crippen LogP contribution in [0.5, 0.6) is 0 Å². The van der Waals surface area contributed by atoms with Gasteiger partial charge in [0.1, 0.15) is 11.3 Å². The lowest BCUT2D eigenvalue weighted by Gasteiger charge is -2.25. The van der Waals surface area contributed by atoms with E-state index < -0.39 is 23.4 Å². The minimum atomic E-state index is -1.17. The summed E-state index contributed by atoms with van der Waals surface area (Å²) in [4.78, 5) is 18.9. The summed E-state index contributed by atoms with van der Waals surface area (Å²) in [5, 5.41) is 0. The summed E-state index contributed by atoms with van der Waals surface area (Å²) in [7, 11) is 0. The largest absolute Gasteiger partial charge is 0.331 e. The Morgan fingerprint density at radius 2 is 1.79 bits per heavy atom. The second-order valence-corrected chi connectivity index (χ2v) is 7.47. The average molecular weight is 403 g/mol. The molecule has 0 aliphatic heterocycles. The molecule has 2 aromatic carbocycles. The molecule has 0 spiro atoms. The Balaban J connectivity index is 2.03. The van der Waals surface area contributed by atoms with Crippen molar-refractivity contribution < 1.29 is 18.0 Å². The van der Waals surface area contributed by atoms with Crippen LogP contribution in [0.15, 0.2) is 36.4 Å². The Labute approximate surface area is 168 Å². The van der Waals surface area contributed by atoms with Crippen molar-refractivity contribution in [3.8, 4) is 0 Å². The van der Waals surface area contributed by atoms with Gasteiger partial charge in [0, 0.05) is 13.1 Å². The maximum absolute atomic E-state index is 14.2. The number of carbonyl (C=O) groups excluding carboxylic acids is 1. The van der Waals surface area contributed by atoms with E-state index in [0.29, 0.717) is 24.4 Å². The zero-order chi connectivity index (χ0) is 21.1. The molecule has 0 aliphatic rings. The summed E-state index contributed by atoms with van der Waals surface area (Å²) in [6, 6.07) is 8.29. The standard InChI is InChI=1S/C22H24F3N3O/c1-4-11-28-18-10-6-9-17(24)21(18)26-19(28)13-27(12-14(2)3)22(29)15-7-5-8-16(23)20(15)25/h5-10,14H,4,11-13H2,1-3H3. The van der Waals surface area contributed by atoms with Gasteiger partial charge in [-0.15, -0.1) is 0 Å². The van der Waals surface area contributed by atoms with Crippen molar-refractivity contribution in [2.45, 2.75) is 40.3 Å². The minimum Gasteiger partial charge on any atom is -0.331 e. The van der Waals surface area contributed by atoms with E-state index in [1.165, 1.54) is 23.1 Å². The number of amides is 1. The van der Waals surface area contributed by atoms with Crippen molar-refractivity contribution in [1.82, 2.24) is 14.5 Å². The SMILES string of the molecule is CCCn1c(CN(CC(C)C)C(=O)c2cccc(F)c2F)nc2c(F)cccc21. The number of aromatic nitrogens is 2. The first-order valence-electron chi connectivity index (χ1n) is 9.70. The van der Waals surface area contributed by atoms with Crippen LogP contribution in [0.3, 0.4) is 0 Å². The lowest BCUT2D eigenvalue weighted by atomic mass is 10.1. The molecule has 0 saturated heterocycles. The molecule has 7 heteroatoms. The van der Waals surface area contributed by atoms with Crippen molar-refractivity contribution in [1.29, 1.82) is 0 Å². The molecule has 0 fully saturated rings. The molecule has 0 aliphatic carbocycles.